The third kappa shape index (κ3) is 3.97. The van der Waals surface area contributed by atoms with Crippen molar-refractivity contribution in [1.82, 2.24) is 0 Å². The van der Waals surface area contributed by atoms with Gasteiger partial charge >= 0.3 is 5.97 Å². The van der Waals surface area contributed by atoms with Crippen LogP contribution < -0.4 is 0 Å². The van der Waals surface area contributed by atoms with E-state index in [1.807, 2.05) is 48.5 Å². The molecule has 102 valence electrons. The van der Waals surface area contributed by atoms with Crippen molar-refractivity contribution in [3.8, 4) is 11.1 Å². The fourth-order valence-electron chi connectivity index (χ4n) is 1.82. The van der Waals surface area contributed by atoms with Crippen molar-refractivity contribution in [2.75, 3.05) is 6.61 Å². The Morgan fingerprint density at radius 3 is 2.60 bits per heavy atom. The second-order valence-corrected chi connectivity index (χ2v) is 4.65. The smallest absolute Gasteiger partial charge is 0.330 e. The lowest BCUT2D eigenvalue weighted by Crippen LogP contribution is -1.98. The van der Waals surface area contributed by atoms with Crippen molar-refractivity contribution in [3.05, 3.63) is 65.2 Å². The van der Waals surface area contributed by atoms with Crippen LogP contribution in [-0.4, -0.2) is 12.6 Å². The Morgan fingerprint density at radius 2 is 1.90 bits per heavy atom. The molecule has 2 aromatic rings. The molecule has 0 spiro atoms. The number of rotatable bonds is 4. The zero-order valence-electron chi connectivity index (χ0n) is 11.2. The van der Waals surface area contributed by atoms with Crippen LogP contribution in [-0.2, 0) is 9.53 Å². The van der Waals surface area contributed by atoms with Gasteiger partial charge in [0.15, 0.2) is 0 Å². The standard InChI is InChI=1S/C17H15ClO2/c1-2-20-17(19)11-6-13-4-3-5-15(12-13)14-7-9-16(18)10-8-14/h3-12H,2H2,1H3. The minimum Gasteiger partial charge on any atom is -0.463 e. The van der Waals surface area contributed by atoms with Gasteiger partial charge < -0.3 is 4.74 Å². The van der Waals surface area contributed by atoms with Crippen LogP contribution in [0.25, 0.3) is 17.2 Å². The number of hydrogen-bond donors (Lipinski definition) is 0. The number of ether oxygens (including phenoxy) is 1. The molecule has 0 fully saturated rings. The predicted octanol–water partition coefficient (Wildman–Crippen LogP) is 4.58. The highest BCUT2D eigenvalue weighted by Gasteiger charge is 1.99. The van der Waals surface area contributed by atoms with Crippen LogP contribution in [0.5, 0.6) is 0 Å². The molecule has 20 heavy (non-hydrogen) atoms. The van der Waals surface area contributed by atoms with Gasteiger partial charge in [-0.25, -0.2) is 4.79 Å². The summed E-state index contributed by atoms with van der Waals surface area (Å²) in [6.45, 7) is 2.17. The van der Waals surface area contributed by atoms with Crippen molar-refractivity contribution < 1.29 is 9.53 Å². The van der Waals surface area contributed by atoms with E-state index in [1.165, 1.54) is 6.08 Å². The van der Waals surface area contributed by atoms with Crippen molar-refractivity contribution in [2.45, 2.75) is 6.92 Å². The lowest BCUT2D eigenvalue weighted by Gasteiger charge is -2.03. The lowest BCUT2D eigenvalue weighted by molar-refractivity contribution is -0.137. The average Bonchev–Trinajstić information content (AvgIpc) is 2.47. The van der Waals surface area contributed by atoms with E-state index in [2.05, 4.69) is 0 Å². The normalized spacial score (nSPS) is 10.7. The summed E-state index contributed by atoms with van der Waals surface area (Å²) in [6, 6.07) is 15.6. The predicted molar refractivity (Wildman–Crippen MR) is 82.6 cm³/mol. The van der Waals surface area contributed by atoms with E-state index in [-0.39, 0.29) is 5.97 Å². The fourth-order valence-corrected chi connectivity index (χ4v) is 1.94. The molecule has 2 nitrogen and oxygen atoms in total. The molecule has 0 aliphatic heterocycles. The number of hydrogen-bond acceptors (Lipinski definition) is 2. The van der Waals surface area contributed by atoms with Crippen LogP contribution in [0.4, 0.5) is 0 Å². The highest BCUT2D eigenvalue weighted by molar-refractivity contribution is 6.30. The molecule has 0 amide bonds. The highest BCUT2D eigenvalue weighted by Crippen LogP contribution is 2.22. The molecule has 0 aromatic heterocycles. The first kappa shape index (κ1) is 14.4. The van der Waals surface area contributed by atoms with Crippen LogP contribution in [0.3, 0.4) is 0 Å². The molecule has 2 aromatic carbocycles. The Kier molecular flexibility index (Phi) is 4.97. The Morgan fingerprint density at radius 1 is 1.15 bits per heavy atom. The maximum absolute atomic E-state index is 11.3. The monoisotopic (exact) mass is 286 g/mol. The Bertz CT molecular complexity index is 615. The number of benzene rings is 2. The summed E-state index contributed by atoms with van der Waals surface area (Å²) in [4.78, 5) is 11.3. The molecule has 3 heteroatoms. The van der Waals surface area contributed by atoms with Gasteiger partial charge in [0.1, 0.15) is 0 Å². The minimum absolute atomic E-state index is 0.329. The van der Waals surface area contributed by atoms with Crippen LogP contribution in [0, 0.1) is 0 Å². The van der Waals surface area contributed by atoms with Gasteiger partial charge in [0.2, 0.25) is 0 Å². The third-order valence-corrected chi connectivity index (χ3v) is 3.01. The van der Waals surface area contributed by atoms with E-state index >= 15 is 0 Å². The van der Waals surface area contributed by atoms with Gasteiger partial charge in [0.25, 0.3) is 0 Å². The summed E-state index contributed by atoms with van der Waals surface area (Å²) < 4.78 is 4.85. The maximum Gasteiger partial charge on any atom is 0.330 e. The lowest BCUT2D eigenvalue weighted by atomic mass is 10.0. The van der Waals surface area contributed by atoms with Gasteiger partial charge in [-0.2, -0.15) is 0 Å². The van der Waals surface area contributed by atoms with E-state index in [0.717, 1.165) is 16.7 Å². The molecule has 0 aliphatic carbocycles. The minimum atomic E-state index is -0.329. The first-order valence-corrected chi connectivity index (χ1v) is 6.77. The van der Waals surface area contributed by atoms with Crippen molar-refractivity contribution >= 4 is 23.6 Å². The number of esters is 1. The molecular formula is C17H15ClO2. The summed E-state index contributed by atoms with van der Waals surface area (Å²) in [7, 11) is 0. The summed E-state index contributed by atoms with van der Waals surface area (Å²) in [5, 5.41) is 0.715. The van der Waals surface area contributed by atoms with Gasteiger partial charge in [-0.05, 0) is 47.9 Å². The van der Waals surface area contributed by atoms with E-state index in [0.29, 0.717) is 11.6 Å². The van der Waals surface area contributed by atoms with Crippen LogP contribution in [0.15, 0.2) is 54.6 Å². The van der Waals surface area contributed by atoms with Gasteiger partial charge in [0.05, 0.1) is 6.61 Å². The first-order valence-electron chi connectivity index (χ1n) is 6.40. The Balaban J connectivity index is 2.20. The summed E-state index contributed by atoms with van der Waals surface area (Å²) >= 11 is 5.88. The Labute approximate surface area is 123 Å². The zero-order valence-corrected chi connectivity index (χ0v) is 11.9. The zero-order chi connectivity index (χ0) is 14.4. The molecule has 0 heterocycles. The van der Waals surface area contributed by atoms with Crippen molar-refractivity contribution in [3.63, 3.8) is 0 Å². The van der Waals surface area contributed by atoms with Crippen LogP contribution in [0.1, 0.15) is 12.5 Å². The van der Waals surface area contributed by atoms with Gasteiger partial charge in [-0.15, -0.1) is 0 Å². The van der Waals surface area contributed by atoms with Gasteiger partial charge in [0, 0.05) is 11.1 Å². The van der Waals surface area contributed by atoms with E-state index in [1.54, 1.807) is 13.0 Å². The molecule has 0 bridgehead atoms. The van der Waals surface area contributed by atoms with Crippen molar-refractivity contribution in [1.29, 1.82) is 0 Å². The fraction of sp³-hybridized carbons (Fsp3) is 0.118. The maximum atomic E-state index is 11.3. The topological polar surface area (TPSA) is 26.3 Å². The molecule has 0 radical (unpaired) electrons. The number of carbonyl (C=O) groups excluding carboxylic acids is 1. The molecule has 0 unspecified atom stereocenters. The molecule has 0 N–H and O–H groups in total. The molecule has 0 aliphatic rings. The SMILES string of the molecule is CCOC(=O)C=Cc1cccc(-c2ccc(Cl)cc2)c1. The van der Waals surface area contributed by atoms with E-state index in [9.17, 15) is 4.79 Å². The largest absolute Gasteiger partial charge is 0.463 e. The molecule has 0 saturated carbocycles. The Hall–Kier alpha value is -2.06. The van der Waals surface area contributed by atoms with E-state index < -0.39 is 0 Å². The van der Waals surface area contributed by atoms with Crippen LogP contribution in [0.2, 0.25) is 5.02 Å². The van der Waals surface area contributed by atoms with Gasteiger partial charge in [-0.3, -0.25) is 0 Å². The summed E-state index contributed by atoms with van der Waals surface area (Å²) in [5.74, 6) is -0.329. The quantitative estimate of drug-likeness (QED) is 0.607. The average molecular weight is 287 g/mol. The van der Waals surface area contributed by atoms with E-state index in [4.69, 9.17) is 16.3 Å². The van der Waals surface area contributed by atoms with Crippen molar-refractivity contribution in [2.24, 2.45) is 0 Å². The number of carbonyl (C=O) groups is 1. The third-order valence-electron chi connectivity index (χ3n) is 2.76. The molecule has 2 rings (SSSR count). The molecular weight excluding hydrogens is 272 g/mol. The van der Waals surface area contributed by atoms with Gasteiger partial charge in [-0.1, -0.05) is 41.9 Å². The highest BCUT2D eigenvalue weighted by atomic mass is 35.5. The second-order valence-electron chi connectivity index (χ2n) is 4.22. The number of halogens is 1. The second kappa shape index (κ2) is 6.92. The summed E-state index contributed by atoms with van der Waals surface area (Å²) in [6.07, 6.45) is 3.18. The summed E-state index contributed by atoms with van der Waals surface area (Å²) in [5.41, 5.74) is 3.11. The molecule has 0 saturated heterocycles. The van der Waals surface area contributed by atoms with Crippen LogP contribution >= 0.6 is 11.6 Å². The molecule has 0 atom stereocenters. The first-order chi connectivity index (χ1) is 9.69.